The fourth-order valence-electron chi connectivity index (χ4n) is 1.77. The van der Waals surface area contributed by atoms with Crippen LogP contribution in [0.2, 0.25) is 0 Å². The number of carbonyl (C=O) groups is 1. The zero-order valence-electron chi connectivity index (χ0n) is 10.7. The number of nitrogens with one attached hydrogen (secondary N) is 1. The number of likely N-dealkylation sites (N-methyl/N-ethyl adjacent to an activating group) is 2. The average molecular weight is 236 g/mol. The third kappa shape index (κ3) is 3.75. The predicted octanol–water partition coefficient (Wildman–Crippen LogP) is 1.06. The number of amides is 1. The zero-order chi connectivity index (χ0) is 12.8. The van der Waals surface area contributed by atoms with Crippen LogP contribution in [0.15, 0.2) is 18.2 Å². The van der Waals surface area contributed by atoms with Gasteiger partial charge in [0.05, 0.1) is 13.2 Å². The topological polar surface area (TPSA) is 52.6 Å². The second-order valence-electron chi connectivity index (χ2n) is 4.10. The first-order valence-electron chi connectivity index (χ1n) is 5.76. The number of hydrogen-bond donors (Lipinski definition) is 2. The summed E-state index contributed by atoms with van der Waals surface area (Å²) >= 11 is 0. The van der Waals surface area contributed by atoms with Crippen molar-refractivity contribution in [3.8, 4) is 0 Å². The van der Waals surface area contributed by atoms with Crippen molar-refractivity contribution in [1.29, 1.82) is 0 Å². The Morgan fingerprint density at radius 1 is 1.47 bits per heavy atom. The van der Waals surface area contributed by atoms with E-state index in [1.165, 1.54) is 0 Å². The number of carbonyl (C=O) groups excluding carboxylic acids is 1. The lowest BCUT2D eigenvalue weighted by Crippen LogP contribution is -2.35. The van der Waals surface area contributed by atoms with E-state index in [0.717, 1.165) is 16.8 Å². The van der Waals surface area contributed by atoms with Crippen LogP contribution in [0.1, 0.15) is 18.1 Å². The molecule has 0 spiro atoms. The lowest BCUT2D eigenvalue weighted by molar-refractivity contribution is -0.119. The van der Waals surface area contributed by atoms with E-state index in [0.29, 0.717) is 13.1 Å². The second-order valence-corrected chi connectivity index (χ2v) is 4.10. The molecule has 0 aliphatic rings. The number of aliphatic hydroxyl groups is 1. The number of anilines is 1. The molecule has 0 aliphatic carbocycles. The summed E-state index contributed by atoms with van der Waals surface area (Å²) in [6.07, 6.45) is 0. The SMILES string of the molecule is CCNC(=O)CN(C)c1ccc(C)cc1CO. The number of nitrogens with zero attached hydrogens (tertiary/aromatic N) is 1. The normalized spacial score (nSPS) is 10.1. The Bertz CT molecular complexity index is 391. The molecule has 17 heavy (non-hydrogen) atoms. The van der Waals surface area contributed by atoms with Crippen molar-refractivity contribution in [2.75, 3.05) is 25.0 Å². The van der Waals surface area contributed by atoms with Gasteiger partial charge in [-0.05, 0) is 19.9 Å². The van der Waals surface area contributed by atoms with E-state index in [9.17, 15) is 9.90 Å². The molecule has 1 rings (SSSR count). The predicted molar refractivity (Wildman–Crippen MR) is 69.1 cm³/mol. The molecule has 1 aromatic carbocycles. The Hall–Kier alpha value is -1.55. The van der Waals surface area contributed by atoms with Crippen LogP contribution in [-0.4, -0.2) is 31.2 Å². The highest BCUT2D eigenvalue weighted by Crippen LogP contribution is 2.20. The molecule has 1 amide bonds. The van der Waals surface area contributed by atoms with Crippen LogP contribution < -0.4 is 10.2 Å². The van der Waals surface area contributed by atoms with Crippen molar-refractivity contribution in [3.63, 3.8) is 0 Å². The summed E-state index contributed by atoms with van der Waals surface area (Å²) in [7, 11) is 1.85. The van der Waals surface area contributed by atoms with E-state index < -0.39 is 0 Å². The summed E-state index contributed by atoms with van der Waals surface area (Å²) < 4.78 is 0. The molecule has 0 saturated heterocycles. The van der Waals surface area contributed by atoms with Crippen molar-refractivity contribution in [2.24, 2.45) is 0 Å². The Morgan fingerprint density at radius 3 is 2.76 bits per heavy atom. The summed E-state index contributed by atoms with van der Waals surface area (Å²) in [6.45, 7) is 4.78. The smallest absolute Gasteiger partial charge is 0.239 e. The standard InChI is InChI=1S/C13H20N2O2/c1-4-14-13(17)8-15(3)12-6-5-10(2)7-11(12)9-16/h5-7,16H,4,8-9H2,1-3H3,(H,14,17). The minimum Gasteiger partial charge on any atom is -0.392 e. The van der Waals surface area contributed by atoms with Crippen molar-refractivity contribution >= 4 is 11.6 Å². The number of aliphatic hydroxyl groups excluding tert-OH is 1. The van der Waals surface area contributed by atoms with Crippen LogP contribution in [0.3, 0.4) is 0 Å². The Balaban J connectivity index is 2.81. The van der Waals surface area contributed by atoms with Gasteiger partial charge < -0.3 is 15.3 Å². The van der Waals surface area contributed by atoms with Gasteiger partial charge in [-0.3, -0.25) is 4.79 Å². The third-order valence-electron chi connectivity index (χ3n) is 2.57. The first-order valence-corrected chi connectivity index (χ1v) is 5.76. The Kier molecular flexibility index (Phi) is 4.97. The van der Waals surface area contributed by atoms with Gasteiger partial charge in [-0.15, -0.1) is 0 Å². The summed E-state index contributed by atoms with van der Waals surface area (Å²) in [4.78, 5) is 13.3. The van der Waals surface area contributed by atoms with Crippen LogP contribution in [0, 0.1) is 6.92 Å². The maximum Gasteiger partial charge on any atom is 0.239 e. The molecule has 0 atom stereocenters. The maximum absolute atomic E-state index is 11.5. The molecule has 0 aliphatic heterocycles. The van der Waals surface area contributed by atoms with Gasteiger partial charge in [-0.2, -0.15) is 0 Å². The van der Waals surface area contributed by atoms with Gasteiger partial charge in [0.2, 0.25) is 5.91 Å². The zero-order valence-corrected chi connectivity index (χ0v) is 10.7. The van der Waals surface area contributed by atoms with E-state index >= 15 is 0 Å². The lowest BCUT2D eigenvalue weighted by atomic mass is 10.1. The van der Waals surface area contributed by atoms with E-state index in [1.54, 1.807) is 0 Å². The van der Waals surface area contributed by atoms with E-state index in [1.807, 2.05) is 44.0 Å². The Labute approximate surface area is 102 Å². The molecule has 0 aromatic heterocycles. The largest absolute Gasteiger partial charge is 0.392 e. The first-order chi connectivity index (χ1) is 8.08. The lowest BCUT2D eigenvalue weighted by Gasteiger charge is -2.21. The fourth-order valence-corrected chi connectivity index (χ4v) is 1.77. The molecule has 0 saturated carbocycles. The highest BCUT2D eigenvalue weighted by molar-refractivity contribution is 5.81. The van der Waals surface area contributed by atoms with Gasteiger partial charge >= 0.3 is 0 Å². The van der Waals surface area contributed by atoms with Crippen LogP contribution >= 0.6 is 0 Å². The van der Waals surface area contributed by atoms with E-state index in [-0.39, 0.29) is 12.5 Å². The molecule has 4 heteroatoms. The fraction of sp³-hybridized carbons (Fsp3) is 0.462. The highest BCUT2D eigenvalue weighted by atomic mass is 16.3. The Morgan fingerprint density at radius 2 is 2.18 bits per heavy atom. The summed E-state index contributed by atoms with van der Waals surface area (Å²) in [5.74, 6) is -0.0144. The number of aryl methyl sites for hydroxylation is 1. The van der Waals surface area contributed by atoms with Crippen molar-refractivity contribution in [1.82, 2.24) is 5.32 Å². The molecule has 0 bridgehead atoms. The highest BCUT2D eigenvalue weighted by Gasteiger charge is 2.10. The molecular weight excluding hydrogens is 216 g/mol. The van der Waals surface area contributed by atoms with Gasteiger partial charge in [-0.1, -0.05) is 17.7 Å². The molecule has 4 nitrogen and oxygen atoms in total. The molecule has 0 heterocycles. The summed E-state index contributed by atoms with van der Waals surface area (Å²) in [5.41, 5.74) is 2.84. The van der Waals surface area contributed by atoms with Crippen molar-refractivity contribution in [2.45, 2.75) is 20.5 Å². The van der Waals surface area contributed by atoms with Gasteiger partial charge in [0.25, 0.3) is 0 Å². The molecule has 2 N–H and O–H groups in total. The van der Waals surface area contributed by atoms with E-state index in [4.69, 9.17) is 0 Å². The van der Waals surface area contributed by atoms with Crippen LogP contribution in [0.4, 0.5) is 5.69 Å². The van der Waals surface area contributed by atoms with Crippen molar-refractivity contribution < 1.29 is 9.90 Å². The number of hydrogen-bond acceptors (Lipinski definition) is 3. The maximum atomic E-state index is 11.5. The molecule has 94 valence electrons. The number of benzene rings is 1. The summed E-state index contributed by atoms with van der Waals surface area (Å²) in [6, 6.07) is 5.84. The van der Waals surface area contributed by atoms with Crippen LogP contribution in [0.25, 0.3) is 0 Å². The van der Waals surface area contributed by atoms with Gasteiger partial charge in [-0.25, -0.2) is 0 Å². The van der Waals surface area contributed by atoms with Crippen molar-refractivity contribution in [3.05, 3.63) is 29.3 Å². The van der Waals surface area contributed by atoms with Gasteiger partial charge in [0.1, 0.15) is 0 Å². The number of rotatable bonds is 5. The van der Waals surface area contributed by atoms with Crippen LogP contribution in [-0.2, 0) is 11.4 Å². The second kappa shape index (κ2) is 6.25. The van der Waals surface area contributed by atoms with E-state index in [2.05, 4.69) is 5.32 Å². The third-order valence-corrected chi connectivity index (χ3v) is 2.57. The minimum atomic E-state index is -0.0171. The molecule has 0 fully saturated rings. The minimum absolute atomic E-state index is 0.0144. The average Bonchev–Trinajstić information content (AvgIpc) is 2.28. The van der Waals surface area contributed by atoms with Crippen LogP contribution in [0.5, 0.6) is 0 Å². The molecule has 1 aromatic rings. The van der Waals surface area contributed by atoms with Gasteiger partial charge in [0, 0.05) is 24.8 Å². The summed E-state index contributed by atoms with van der Waals surface area (Å²) in [5, 5.41) is 12.1. The molecule has 0 radical (unpaired) electrons. The molecule has 0 unspecified atom stereocenters. The first kappa shape index (κ1) is 13.5. The van der Waals surface area contributed by atoms with Gasteiger partial charge in [0.15, 0.2) is 0 Å². The monoisotopic (exact) mass is 236 g/mol. The molecular formula is C13H20N2O2. The quantitative estimate of drug-likeness (QED) is 0.803.